The summed E-state index contributed by atoms with van der Waals surface area (Å²) in [6, 6.07) is 20.1. The summed E-state index contributed by atoms with van der Waals surface area (Å²) in [7, 11) is 0. The van der Waals surface area contributed by atoms with Crippen molar-refractivity contribution in [3.63, 3.8) is 0 Å². The van der Waals surface area contributed by atoms with Crippen LogP contribution in [0.4, 0.5) is 5.82 Å². The van der Waals surface area contributed by atoms with Gasteiger partial charge in [-0.15, -0.1) is 0 Å². The highest BCUT2D eigenvalue weighted by Crippen LogP contribution is 2.22. The lowest BCUT2D eigenvalue weighted by molar-refractivity contribution is -0.118. The van der Waals surface area contributed by atoms with E-state index in [1.807, 2.05) is 47.3 Å². The van der Waals surface area contributed by atoms with Crippen molar-refractivity contribution in [2.75, 3.05) is 25.1 Å². The van der Waals surface area contributed by atoms with Gasteiger partial charge in [0.1, 0.15) is 6.04 Å². The van der Waals surface area contributed by atoms with E-state index >= 15 is 0 Å². The summed E-state index contributed by atoms with van der Waals surface area (Å²) in [4.78, 5) is 13.1. The number of ether oxygens (including phenoxy) is 1. The minimum absolute atomic E-state index is 0.104. The third-order valence-electron chi connectivity index (χ3n) is 5.70. The summed E-state index contributed by atoms with van der Waals surface area (Å²) in [6.07, 6.45) is 4.69. The molecule has 0 bridgehead atoms. The van der Waals surface area contributed by atoms with Crippen molar-refractivity contribution in [2.45, 2.75) is 38.3 Å². The van der Waals surface area contributed by atoms with E-state index in [9.17, 15) is 4.79 Å². The molecule has 0 spiro atoms. The van der Waals surface area contributed by atoms with Crippen molar-refractivity contribution in [3.8, 4) is 0 Å². The van der Waals surface area contributed by atoms with Gasteiger partial charge >= 0.3 is 0 Å². The number of carbonyl (C=O) groups excluding carboxylic acids is 1. The van der Waals surface area contributed by atoms with Crippen LogP contribution < -0.4 is 10.6 Å². The van der Waals surface area contributed by atoms with E-state index in [1.54, 1.807) is 0 Å². The van der Waals surface area contributed by atoms with E-state index in [0.717, 1.165) is 38.0 Å². The van der Waals surface area contributed by atoms with Gasteiger partial charge in [0.15, 0.2) is 5.82 Å². The smallest absolute Gasteiger partial charge is 0.247 e. The molecule has 1 aliphatic rings. The van der Waals surface area contributed by atoms with E-state index in [2.05, 4.69) is 46.9 Å². The van der Waals surface area contributed by atoms with Crippen LogP contribution >= 0.6 is 0 Å². The van der Waals surface area contributed by atoms with Crippen LogP contribution in [0.5, 0.6) is 0 Å². The second-order valence-corrected chi connectivity index (χ2v) is 8.05. The molecule has 2 heterocycles. The van der Waals surface area contributed by atoms with Gasteiger partial charge in [0.25, 0.3) is 0 Å². The van der Waals surface area contributed by atoms with Gasteiger partial charge in [-0.1, -0.05) is 60.2 Å². The van der Waals surface area contributed by atoms with Gasteiger partial charge in [0.2, 0.25) is 5.91 Å². The monoisotopic (exact) mass is 418 g/mol. The number of aromatic nitrogens is 2. The zero-order valence-electron chi connectivity index (χ0n) is 18.0. The van der Waals surface area contributed by atoms with Crippen molar-refractivity contribution >= 4 is 11.7 Å². The molecule has 2 N–H and O–H groups in total. The van der Waals surface area contributed by atoms with Crippen molar-refractivity contribution in [3.05, 3.63) is 83.6 Å². The van der Waals surface area contributed by atoms with Crippen molar-refractivity contribution in [1.29, 1.82) is 0 Å². The fourth-order valence-electron chi connectivity index (χ4n) is 3.88. The van der Waals surface area contributed by atoms with E-state index in [0.29, 0.717) is 18.4 Å². The van der Waals surface area contributed by atoms with Crippen LogP contribution in [0.3, 0.4) is 0 Å². The maximum atomic E-state index is 13.1. The highest BCUT2D eigenvalue weighted by Gasteiger charge is 2.22. The highest BCUT2D eigenvalue weighted by atomic mass is 16.5. The number of hydrogen-bond donors (Lipinski definition) is 2. The first-order valence-corrected chi connectivity index (χ1v) is 11.0. The van der Waals surface area contributed by atoms with E-state index in [-0.39, 0.29) is 5.91 Å². The fourth-order valence-corrected chi connectivity index (χ4v) is 3.88. The van der Waals surface area contributed by atoms with Crippen LogP contribution in [-0.4, -0.2) is 35.4 Å². The topological polar surface area (TPSA) is 68.2 Å². The molecule has 2 aromatic carbocycles. The molecular formula is C25H30N4O2. The fraction of sp³-hybridized carbons (Fsp3) is 0.360. The maximum Gasteiger partial charge on any atom is 0.247 e. The van der Waals surface area contributed by atoms with Gasteiger partial charge in [-0.25, -0.2) is 0 Å². The maximum absolute atomic E-state index is 13.1. The quantitative estimate of drug-likeness (QED) is 0.579. The molecular weight excluding hydrogens is 388 g/mol. The molecule has 4 rings (SSSR count). The molecule has 0 saturated carbocycles. The first-order chi connectivity index (χ1) is 15.2. The van der Waals surface area contributed by atoms with Crippen LogP contribution in [0.15, 0.2) is 66.9 Å². The minimum atomic E-state index is -0.445. The number of nitrogens with one attached hydrogen (secondary N) is 2. The number of rotatable bonds is 8. The Bertz CT molecular complexity index is 963. The molecule has 31 heavy (non-hydrogen) atoms. The number of amides is 1. The Morgan fingerprint density at radius 1 is 1.10 bits per heavy atom. The Balaban J connectivity index is 1.40. The number of aryl methyl sites for hydroxylation is 1. The van der Waals surface area contributed by atoms with E-state index in [1.165, 1.54) is 11.1 Å². The summed E-state index contributed by atoms with van der Waals surface area (Å²) < 4.78 is 7.37. The number of benzene rings is 2. The molecule has 3 aromatic rings. The zero-order valence-corrected chi connectivity index (χ0v) is 18.0. The summed E-state index contributed by atoms with van der Waals surface area (Å²) in [5, 5.41) is 11.0. The van der Waals surface area contributed by atoms with Gasteiger partial charge in [0, 0.05) is 32.0 Å². The zero-order chi connectivity index (χ0) is 21.5. The van der Waals surface area contributed by atoms with Gasteiger partial charge in [0.05, 0.1) is 6.04 Å². The Morgan fingerprint density at radius 3 is 2.58 bits per heavy atom. The normalized spacial score (nSPS) is 15.5. The molecule has 6 heteroatoms. The van der Waals surface area contributed by atoms with Gasteiger partial charge in [-0.2, -0.15) is 5.10 Å². The molecule has 1 aromatic heterocycles. The largest absolute Gasteiger partial charge is 0.381 e. The Morgan fingerprint density at radius 2 is 1.84 bits per heavy atom. The average Bonchev–Trinajstić information content (AvgIpc) is 3.27. The number of anilines is 1. The molecule has 1 saturated heterocycles. The summed E-state index contributed by atoms with van der Waals surface area (Å²) in [5.74, 6) is 0.477. The second kappa shape index (κ2) is 10.4. The van der Waals surface area contributed by atoms with Gasteiger partial charge < -0.3 is 15.4 Å². The molecule has 1 aliphatic heterocycles. The van der Waals surface area contributed by atoms with Gasteiger partial charge in [-0.3, -0.25) is 9.48 Å². The molecule has 0 radical (unpaired) electrons. The van der Waals surface area contributed by atoms with Crippen molar-refractivity contribution in [1.82, 2.24) is 15.1 Å². The standard InChI is InChI=1S/C25H30N4O2/c1-19-7-9-20(10-8-19)11-15-26-24(21-5-3-2-4-6-21)25(30)27-23-12-16-29(28-23)22-13-17-31-18-14-22/h2-10,12,16,22,24,26H,11,13-15,17-18H2,1H3,(H,27,28,30)/t24-/m0/s1. The number of nitrogens with zero attached hydrogens (tertiary/aromatic N) is 2. The lowest BCUT2D eigenvalue weighted by atomic mass is 10.1. The van der Waals surface area contributed by atoms with Gasteiger partial charge in [-0.05, 0) is 37.3 Å². The second-order valence-electron chi connectivity index (χ2n) is 8.05. The predicted octanol–water partition coefficient (Wildman–Crippen LogP) is 4.06. The van der Waals surface area contributed by atoms with Crippen LogP contribution in [0.1, 0.15) is 41.6 Å². The van der Waals surface area contributed by atoms with Crippen molar-refractivity contribution in [2.24, 2.45) is 0 Å². The average molecular weight is 419 g/mol. The van der Waals surface area contributed by atoms with E-state index in [4.69, 9.17) is 4.74 Å². The predicted molar refractivity (Wildman–Crippen MR) is 122 cm³/mol. The number of hydrogen-bond acceptors (Lipinski definition) is 4. The lowest BCUT2D eigenvalue weighted by Gasteiger charge is -2.22. The van der Waals surface area contributed by atoms with Crippen LogP contribution in [-0.2, 0) is 16.0 Å². The minimum Gasteiger partial charge on any atom is -0.381 e. The molecule has 0 unspecified atom stereocenters. The molecule has 0 aliphatic carbocycles. The highest BCUT2D eigenvalue weighted by molar-refractivity contribution is 5.94. The molecule has 162 valence electrons. The third kappa shape index (κ3) is 5.81. The molecule has 1 fully saturated rings. The number of carbonyl (C=O) groups is 1. The summed E-state index contributed by atoms with van der Waals surface area (Å²) >= 11 is 0. The summed E-state index contributed by atoms with van der Waals surface area (Å²) in [6.45, 7) is 4.30. The van der Waals surface area contributed by atoms with Crippen molar-refractivity contribution < 1.29 is 9.53 Å². The first kappa shape index (κ1) is 21.3. The van der Waals surface area contributed by atoms with Crippen LogP contribution in [0, 0.1) is 6.92 Å². The summed E-state index contributed by atoms with van der Waals surface area (Å²) in [5.41, 5.74) is 3.44. The first-order valence-electron chi connectivity index (χ1n) is 11.0. The van der Waals surface area contributed by atoms with Crippen LogP contribution in [0.25, 0.3) is 0 Å². The molecule has 1 atom stereocenters. The molecule has 6 nitrogen and oxygen atoms in total. The van der Waals surface area contributed by atoms with E-state index < -0.39 is 6.04 Å². The Labute approximate surface area is 183 Å². The Kier molecular flexibility index (Phi) is 7.12. The Hall–Kier alpha value is -2.96. The third-order valence-corrected chi connectivity index (χ3v) is 5.70. The molecule has 1 amide bonds. The van der Waals surface area contributed by atoms with Crippen LogP contribution in [0.2, 0.25) is 0 Å². The SMILES string of the molecule is Cc1ccc(CCN[C@H](C(=O)Nc2ccn(C3CCOCC3)n2)c2ccccc2)cc1. The lowest BCUT2D eigenvalue weighted by Crippen LogP contribution is -2.34.